The third-order valence-electron chi connectivity index (χ3n) is 4.06. The minimum Gasteiger partial charge on any atom is -0.484 e. The van der Waals surface area contributed by atoms with Crippen LogP contribution in [-0.2, 0) is 4.79 Å². The van der Waals surface area contributed by atoms with Crippen LogP contribution in [0, 0.1) is 0 Å². The number of nitrogens with one attached hydrogen (secondary N) is 2. The molecule has 0 unspecified atom stereocenters. The van der Waals surface area contributed by atoms with Crippen LogP contribution in [0.3, 0.4) is 0 Å². The maximum absolute atomic E-state index is 12.0. The zero-order chi connectivity index (χ0) is 20.5. The molecule has 3 rings (SSSR count). The molecule has 0 saturated carbocycles. The summed E-state index contributed by atoms with van der Waals surface area (Å²) in [5, 5.41) is 6.91. The van der Waals surface area contributed by atoms with Gasteiger partial charge in [-0.25, -0.2) is 5.43 Å². The zero-order valence-corrected chi connectivity index (χ0v) is 16.0. The van der Waals surface area contributed by atoms with E-state index in [4.69, 9.17) is 4.74 Å². The highest BCUT2D eigenvalue weighted by molar-refractivity contribution is 6.01. The van der Waals surface area contributed by atoms with E-state index in [1.54, 1.807) is 55.5 Å². The predicted octanol–water partition coefficient (Wildman–Crippen LogP) is 3.86. The van der Waals surface area contributed by atoms with Crippen molar-refractivity contribution in [3.8, 4) is 5.75 Å². The molecule has 0 spiro atoms. The summed E-state index contributed by atoms with van der Waals surface area (Å²) in [6, 6.07) is 25.2. The summed E-state index contributed by atoms with van der Waals surface area (Å²) < 4.78 is 5.42. The number of rotatable bonds is 7. The number of hydrogen-bond donors (Lipinski definition) is 2. The van der Waals surface area contributed by atoms with E-state index in [1.807, 2.05) is 36.4 Å². The van der Waals surface area contributed by atoms with Crippen LogP contribution in [-0.4, -0.2) is 24.1 Å². The van der Waals surface area contributed by atoms with Gasteiger partial charge in [0.25, 0.3) is 11.8 Å². The highest BCUT2D eigenvalue weighted by Crippen LogP contribution is 2.12. The third kappa shape index (κ3) is 6.04. The summed E-state index contributed by atoms with van der Waals surface area (Å²) in [6.45, 7) is 1.73. The number of para-hydroxylation sites is 1. The van der Waals surface area contributed by atoms with E-state index in [9.17, 15) is 9.59 Å². The Bertz CT molecular complexity index is 985. The average Bonchev–Trinajstić information content (AvgIpc) is 2.77. The van der Waals surface area contributed by atoms with Crippen LogP contribution >= 0.6 is 0 Å². The molecule has 2 N–H and O–H groups in total. The summed E-state index contributed by atoms with van der Waals surface area (Å²) in [5.41, 5.74) is 5.21. The second-order valence-corrected chi connectivity index (χ2v) is 6.23. The summed E-state index contributed by atoms with van der Waals surface area (Å²) >= 11 is 0. The molecule has 0 radical (unpaired) electrons. The average molecular weight is 387 g/mol. The van der Waals surface area contributed by atoms with Crippen LogP contribution in [0.2, 0.25) is 0 Å². The van der Waals surface area contributed by atoms with E-state index in [1.165, 1.54) is 0 Å². The zero-order valence-electron chi connectivity index (χ0n) is 16.0. The fourth-order valence-electron chi connectivity index (χ4n) is 2.51. The van der Waals surface area contributed by atoms with E-state index < -0.39 is 0 Å². The first-order valence-corrected chi connectivity index (χ1v) is 9.09. The quantitative estimate of drug-likeness (QED) is 0.477. The topological polar surface area (TPSA) is 79.8 Å². The maximum atomic E-state index is 12.0. The number of hydrazone groups is 1. The smallest absolute Gasteiger partial charge is 0.271 e. The Hall–Kier alpha value is -3.93. The lowest BCUT2D eigenvalue weighted by molar-refractivity contribution is -0.118. The van der Waals surface area contributed by atoms with Gasteiger partial charge in [-0.2, -0.15) is 5.10 Å². The molecule has 6 nitrogen and oxygen atoms in total. The molecule has 0 atom stereocenters. The molecule has 3 aromatic rings. The fourth-order valence-corrected chi connectivity index (χ4v) is 2.51. The number of anilines is 1. The Morgan fingerprint density at radius 1 is 0.828 bits per heavy atom. The molecular weight excluding hydrogens is 366 g/mol. The summed E-state index contributed by atoms with van der Waals surface area (Å²) in [7, 11) is 0. The predicted molar refractivity (Wildman–Crippen MR) is 113 cm³/mol. The Labute approximate surface area is 169 Å². The van der Waals surface area contributed by atoms with Gasteiger partial charge in [0.2, 0.25) is 0 Å². The summed E-state index contributed by atoms with van der Waals surface area (Å²) in [5.74, 6) is 0.122. The molecule has 2 amide bonds. The standard InChI is InChI=1S/C23H21N3O3/c1-17(25-26-23(28)19-8-4-2-5-9-19)18-12-14-20(15-13-18)24-22(27)16-29-21-10-6-3-7-11-21/h2-15H,16H2,1H3,(H,24,27)(H,26,28)/b25-17-. The molecule has 146 valence electrons. The summed E-state index contributed by atoms with van der Waals surface area (Å²) in [6.07, 6.45) is 0. The van der Waals surface area contributed by atoms with Crippen molar-refractivity contribution in [2.45, 2.75) is 6.92 Å². The normalized spacial score (nSPS) is 10.9. The highest BCUT2D eigenvalue weighted by atomic mass is 16.5. The van der Waals surface area contributed by atoms with Crippen molar-refractivity contribution in [1.29, 1.82) is 0 Å². The van der Waals surface area contributed by atoms with Crippen LogP contribution < -0.4 is 15.5 Å². The third-order valence-corrected chi connectivity index (χ3v) is 4.06. The summed E-state index contributed by atoms with van der Waals surface area (Å²) in [4.78, 5) is 24.1. The molecular formula is C23H21N3O3. The molecule has 29 heavy (non-hydrogen) atoms. The molecule has 0 heterocycles. The minimum absolute atomic E-state index is 0.0717. The number of amides is 2. The Morgan fingerprint density at radius 2 is 1.45 bits per heavy atom. The van der Waals surface area contributed by atoms with Gasteiger partial charge < -0.3 is 10.1 Å². The van der Waals surface area contributed by atoms with Gasteiger partial charge in [-0.3, -0.25) is 9.59 Å². The molecule has 0 aliphatic rings. The number of carbonyl (C=O) groups is 2. The van der Waals surface area contributed by atoms with Gasteiger partial charge >= 0.3 is 0 Å². The van der Waals surface area contributed by atoms with Crippen molar-refractivity contribution in [3.05, 3.63) is 96.1 Å². The first-order chi connectivity index (χ1) is 14.1. The number of nitrogens with zero attached hydrogens (tertiary/aromatic N) is 1. The molecule has 0 aliphatic heterocycles. The molecule has 0 aliphatic carbocycles. The molecule has 0 saturated heterocycles. The number of benzene rings is 3. The van der Waals surface area contributed by atoms with Crippen molar-refractivity contribution < 1.29 is 14.3 Å². The molecule has 0 bridgehead atoms. The minimum atomic E-state index is -0.271. The second-order valence-electron chi connectivity index (χ2n) is 6.23. The van der Waals surface area contributed by atoms with Gasteiger partial charge in [-0.1, -0.05) is 48.5 Å². The Kier molecular flexibility index (Phi) is 6.73. The number of ether oxygens (including phenoxy) is 1. The van der Waals surface area contributed by atoms with Gasteiger partial charge in [0.05, 0.1) is 5.71 Å². The molecule has 0 aromatic heterocycles. The van der Waals surface area contributed by atoms with Crippen LogP contribution in [0.5, 0.6) is 5.75 Å². The van der Waals surface area contributed by atoms with E-state index in [2.05, 4.69) is 15.8 Å². The van der Waals surface area contributed by atoms with Gasteiger partial charge in [-0.15, -0.1) is 0 Å². The van der Waals surface area contributed by atoms with Crippen LogP contribution in [0.25, 0.3) is 0 Å². The van der Waals surface area contributed by atoms with Crippen molar-refractivity contribution in [1.82, 2.24) is 5.43 Å². The van der Waals surface area contributed by atoms with Crippen LogP contribution in [0.15, 0.2) is 90.0 Å². The van der Waals surface area contributed by atoms with Gasteiger partial charge in [0.15, 0.2) is 6.61 Å². The fraction of sp³-hybridized carbons (Fsp3) is 0.0870. The highest BCUT2D eigenvalue weighted by Gasteiger charge is 2.06. The molecule has 3 aromatic carbocycles. The lowest BCUT2D eigenvalue weighted by Gasteiger charge is -2.08. The van der Waals surface area contributed by atoms with Crippen molar-refractivity contribution in [3.63, 3.8) is 0 Å². The van der Waals surface area contributed by atoms with Gasteiger partial charge in [0.1, 0.15) is 5.75 Å². The van der Waals surface area contributed by atoms with E-state index in [-0.39, 0.29) is 18.4 Å². The maximum Gasteiger partial charge on any atom is 0.271 e. The van der Waals surface area contributed by atoms with Crippen molar-refractivity contribution in [2.24, 2.45) is 5.10 Å². The number of hydrogen-bond acceptors (Lipinski definition) is 4. The first-order valence-electron chi connectivity index (χ1n) is 9.09. The number of carbonyl (C=O) groups excluding carboxylic acids is 2. The van der Waals surface area contributed by atoms with Crippen LogP contribution in [0.1, 0.15) is 22.8 Å². The molecule has 6 heteroatoms. The Morgan fingerprint density at radius 3 is 2.10 bits per heavy atom. The van der Waals surface area contributed by atoms with Gasteiger partial charge in [0, 0.05) is 11.3 Å². The SMILES string of the molecule is C/C(=N/NC(=O)c1ccccc1)c1ccc(NC(=O)COc2ccccc2)cc1. The first kappa shape index (κ1) is 19.8. The molecule has 0 fully saturated rings. The van der Waals surface area contributed by atoms with E-state index >= 15 is 0 Å². The lowest BCUT2D eigenvalue weighted by Crippen LogP contribution is -2.20. The van der Waals surface area contributed by atoms with Crippen molar-refractivity contribution >= 4 is 23.2 Å². The van der Waals surface area contributed by atoms with Crippen molar-refractivity contribution in [2.75, 3.05) is 11.9 Å². The van der Waals surface area contributed by atoms with Gasteiger partial charge in [-0.05, 0) is 48.9 Å². The second kappa shape index (κ2) is 9.85. The monoisotopic (exact) mass is 387 g/mol. The van der Waals surface area contributed by atoms with E-state index in [0.29, 0.717) is 22.7 Å². The van der Waals surface area contributed by atoms with E-state index in [0.717, 1.165) is 5.56 Å². The van der Waals surface area contributed by atoms with Crippen LogP contribution in [0.4, 0.5) is 5.69 Å². The largest absolute Gasteiger partial charge is 0.484 e. The Balaban J connectivity index is 1.52. The lowest BCUT2D eigenvalue weighted by atomic mass is 10.1.